The van der Waals surface area contributed by atoms with Gasteiger partial charge >= 0.3 is 0 Å². The van der Waals surface area contributed by atoms with E-state index in [0.29, 0.717) is 18.1 Å². The molecule has 0 bridgehead atoms. The van der Waals surface area contributed by atoms with E-state index < -0.39 is 0 Å². The average Bonchev–Trinajstić information content (AvgIpc) is 2.37. The van der Waals surface area contributed by atoms with Crippen LogP contribution in [-0.4, -0.2) is 6.47 Å². The molecule has 0 N–H and O–H groups in total. The zero-order valence-corrected chi connectivity index (χ0v) is 7.35. The minimum Gasteiger partial charge on any atom is -0.428 e. The molecule has 2 nitrogen and oxygen atoms in total. The van der Waals surface area contributed by atoms with Crippen molar-refractivity contribution < 1.29 is 9.53 Å². The van der Waals surface area contributed by atoms with Crippen molar-refractivity contribution in [3.05, 3.63) is 16.3 Å². The SMILES string of the molecule is CC(C)c1cc(OC=O)cs1. The molecule has 0 aliphatic carbocycles. The summed E-state index contributed by atoms with van der Waals surface area (Å²) in [6, 6.07) is 1.89. The van der Waals surface area contributed by atoms with Gasteiger partial charge in [-0.1, -0.05) is 13.8 Å². The van der Waals surface area contributed by atoms with E-state index in [0.717, 1.165) is 0 Å². The molecule has 1 rings (SSSR count). The Hall–Kier alpha value is -0.830. The summed E-state index contributed by atoms with van der Waals surface area (Å²) >= 11 is 1.61. The van der Waals surface area contributed by atoms with E-state index in [1.807, 2.05) is 11.4 Å². The van der Waals surface area contributed by atoms with Crippen LogP contribution < -0.4 is 4.74 Å². The van der Waals surface area contributed by atoms with Crippen LogP contribution in [0.15, 0.2) is 11.4 Å². The number of ether oxygens (including phenoxy) is 1. The van der Waals surface area contributed by atoms with E-state index in [1.54, 1.807) is 11.3 Å². The quantitative estimate of drug-likeness (QED) is 0.651. The lowest BCUT2D eigenvalue weighted by Crippen LogP contribution is -1.85. The van der Waals surface area contributed by atoms with E-state index >= 15 is 0 Å². The molecule has 0 radical (unpaired) electrons. The van der Waals surface area contributed by atoms with Crippen LogP contribution in [0, 0.1) is 0 Å². The summed E-state index contributed by atoms with van der Waals surface area (Å²) < 4.78 is 4.67. The Morgan fingerprint density at radius 1 is 1.64 bits per heavy atom. The van der Waals surface area contributed by atoms with Crippen molar-refractivity contribution in [1.29, 1.82) is 0 Å². The highest BCUT2D eigenvalue weighted by Crippen LogP contribution is 2.27. The third-order valence-electron chi connectivity index (χ3n) is 1.35. The smallest absolute Gasteiger partial charge is 0.298 e. The standard InChI is InChI=1S/C8H10O2S/c1-6(2)8-3-7(4-11-8)10-5-9/h3-6H,1-2H3. The largest absolute Gasteiger partial charge is 0.428 e. The molecular formula is C8H10O2S. The summed E-state index contributed by atoms with van der Waals surface area (Å²) in [7, 11) is 0. The van der Waals surface area contributed by atoms with Crippen molar-refractivity contribution in [2.45, 2.75) is 19.8 Å². The van der Waals surface area contributed by atoms with Crippen LogP contribution in [0.4, 0.5) is 0 Å². The van der Waals surface area contributed by atoms with Gasteiger partial charge in [0.1, 0.15) is 5.75 Å². The molecule has 1 aromatic rings. The molecule has 1 heterocycles. The van der Waals surface area contributed by atoms with Crippen molar-refractivity contribution in [1.82, 2.24) is 0 Å². The number of carbonyl (C=O) groups is 1. The number of carbonyl (C=O) groups excluding carboxylic acids is 1. The first kappa shape index (κ1) is 8.27. The molecule has 0 aromatic carbocycles. The predicted octanol–water partition coefficient (Wildman–Crippen LogP) is 2.41. The first-order valence-electron chi connectivity index (χ1n) is 3.42. The molecular weight excluding hydrogens is 160 g/mol. The monoisotopic (exact) mass is 170 g/mol. The molecule has 0 amide bonds. The molecule has 0 atom stereocenters. The van der Waals surface area contributed by atoms with Crippen LogP contribution in [0.25, 0.3) is 0 Å². The molecule has 0 saturated heterocycles. The molecule has 3 heteroatoms. The molecule has 60 valence electrons. The van der Waals surface area contributed by atoms with Gasteiger partial charge in [0, 0.05) is 10.3 Å². The summed E-state index contributed by atoms with van der Waals surface area (Å²) in [4.78, 5) is 11.2. The van der Waals surface area contributed by atoms with Crippen molar-refractivity contribution in [3.63, 3.8) is 0 Å². The zero-order chi connectivity index (χ0) is 8.27. The van der Waals surface area contributed by atoms with Crippen LogP contribution in [0.1, 0.15) is 24.6 Å². The third-order valence-corrected chi connectivity index (χ3v) is 2.56. The Kier molecular flexibility index (Phi) is 2.65. The number of hydrogen-bond acceptors (Lipinski definition) is 3. The highest BCUT2D eigenvalue weighted by atomic mass is 32.1. The Morgan fingerprint density at radius 3 is 2.82 bits per heavy atom. The summed E-state index contributed by atoms with van der Waals surface area (Å²) in [6.07, 6.45) is 0. The molecule has 0 aliphatic heterocycles. The summed E-state index contributed by atoms with van der Waals surface area (Å²) in [5.41, 5.74) is 0. The van der Waals surface area contributed by atoms with Crippen LogP contribution in [-0.2, 0) is 4.79 Å². The van der Waals surface area contributed by atoms with E-state index in [4.69, 9.17) is 0 Å². The summed E-state index contributed by atoms with van der Waals surface area (Å²) in [5.74, 6) is 1.15. The Morgan fingerprint density at radius 2 is 2.36 bits per heavy atom. The molecule has 1 aromatic heterocycles. The Labute approximate surface area is 69.8 Å². The average molecular weight is 170 g/mol. The second kappa shape index (κ2) is 3.53. The van der Waals surface area contributed by atoms with Crippen LogP contribution in [0.2, 0.25) is 0 Å². The van der Waals surface area contributed by atoms with Gasteiger partial charge in [0.2, 0.25) is 0 Å². The molecule has 11 heavy (non-hydrogen) atoms. The molecule has 0 fully saturated rings. The maximum atomic E-state index is 9.94. The zero-order valence-electron chi connectivity index (χ0n) is 6.53. The van der Waals surface area contributed by atoms with Gasteiger partial charge in [0.15, 0.2) is 0 Å². The molecule has 0 saturated carbocycles. The van der Waals surface area contributed by atoms with E-state index in [-0.39, 0.29) is 0 Å². The lowest BCUT2D eigenvalue weighted by atomic mass is 10.2. The first-order valence-corrected chi connectivity index (χ1v) is 4.30. The topological polar surface area (TPSA) is 26.3 Å². The highest BCUT2D eigenvalue weighted by Gasteiger charge is 2.03. The van der Waals surface area contributed by atoms with E-state index in [1.165, 1.54) is 4.88 Å². The fraction of sp³-hybridized carbons (Fsp3) is 0.375. The van der Waals surface area contributed by atoms with Gasteiger partial charge in [-0.2, -0.15) is 0 Å². The lowest BCUT2D eigenvalue weighted by Gasteiger charge is -1.96. The van der Waals surface area contributed by atoms with Gasteiger partial charge in [0.05, 0.1) is 0 Å². The Bertz CT molecular complexity index is 240. The van der Waals surface area contributed by atoms with E-state index in [2.05, 4.69) is 18.6 Å². The number of rotatable bonds is 3. The van der Waals surface area contributed by atoms with Gasteiger partial charge in [-0.15, -0.1) is 11.3 Å². The van der Waals surface area contributed by atoms with Crippen molar-refractivity contribution in [3.8, 4) is 5.75 Å². The van der Waals surface area contributed by atoms with Crippen LogP contribution >= 0.6 is 11.3 Å². The fourth-order valence-corrected chi connectivity index (χ4v) is 1.59. The van der Waals surface area contributed by atoms with Gasteiger partial charge in [-0.3, -0.25) is 4.79 Å². The van der Waals surface area contributed by atoms with Crippen molar-refractivity contribution in [2.24, 2.45) is 0 Å². The summed E-state index contributed by atoms with van der Waals surface area (Å²) in [5, 5.41) is 1.84. The highest BCUT2D eigenvalue weighted by molar-refractivity contribution is 7.10. The van der Waals surface area contributed by atoms with Gasteiger partial charge in [0.25, 0.3) is 6.47 Å². The van der Waals surface area contributed by atoms with Gasteiger partial charge in [-0.05, 0) is 12.0 Å². The van der Waals surface area contributed by atoms with Crippen LogP contribution in [0.3, 0.4) is 0 Å². The Balaban J connectivity index is 2.73. The molecule has 0 spiro atoms. The van der Waals surface area contributed by atoms with Crippen molar-refractivity contribution in [2.75, 3.05) is 0 Å². The van der Waals surface area contributed by atoms with Crippen molar-refractivity contribution >= 4 is 17.8 Å². The fourth-order valence-electron chi connectivity index (χ4n) is 0.754. The predicted molar refractivity (Wildman–Crippen MR) is 45.1 cm³/mol. The molecule has 0 unspecified atom stereocenters. The maximum absolute atomic E-state index is 9.94. The minimum atomic E-state index is 0.451. The lowest BCUT2D eigenvalue weighted by molar-refractivity contribution is -0.120. The third kappa shape index (κ3) is 2.05. The van der Waals surface area contributed by atoms with Gasteiger partial charge in [-0.25, -0.2) is 0 Å². The second-order valence-corrected chi connectivity index (χ2v) is 3.50. The number of hydrogen-bond donors (Lipinski definition) is 0. The maximum Gasteiger partial charge on any atom is 0.298 e. The van der Waals surface area contributed by atoms with Crippen LogP contribution in [0.5, 0.6) is 5.75 Å². The number of thiophene rings is 1. The van der Waals surface area contributed by atoms with E-state index in [9.17, 15) is 4.79 Å². The first-order chi connectivity index (χ1) is 5.24. The second-order valence-electron chi connectivity index (χ2n) is 2.55. The summed E-state index contributed by atoms with van der Waals surface area (Å²) in [6.45, 7) is 4.67. The molecule has 0 aliphatic rings. The normalized spacial score (nSPS) is 10.1. The minimum absolute atomic E-state index is 0.451. The van der Waals surface area contributed by atoms with Gasteiger partial charge < -0.3 is 4.74 Å².